The third-order valence-electron chi connectivity index (χ3n) is 5.18. The van der Waals surface area contributed by atoms with Gasteiger partial charge in [-0.25, -0.2) is 9.59 Å². The van der Waals surface area contributed by atoms with Gasteiger partial charge in [-0.05, 0) is 30.5 Å². The molecule has 1 aromatic carbocycles. The van der Waals surface area contributed by atoms with Crippen LogP contribution in [0.1, 0.15) is 43.7 Å². The lowest BCUT2D eigenvalue weighted by atomic mass is 9.93. The molecule has 1 heterocycles. The molecule has 7 nitrogen and oxygen atoms in total. The fourth-order valence-corrected chi connectivity index (χ4v) is 3.71. The van der Waals surface area contributed by atoms with Crippen molar-refractivity contribution in [3.8, 4) is 5.75 Å². The van der Waals surface area contributed by atoms with Crippen molar-refractivity contribution in [3.05, 3.63) is 41.1 Å². The number of amides is 2. The van der Waals surface area contributed by atoms with E-state index in [1.807, 2.05) is 12.1 Å². The van der Waals surface area contributed by atoms with E-state index < -0.39 is 12.0 Å². The van der Waals surface area contributed by atoms with Gasteiger partial charge in [0, 0.05) is 18.3 Å². The fourth-order valence-electron chi connectivity index (χ4n) is 3.71. The molecule has 0 spiro atoms. The molecule has 0 radical (unpaired) electrons. The van der Waals surface area contributed by atoms with Crippen LogP contribution in [-0.4, -0.2) is 38.8 Å². The summed E-state index contributed by atoms with van der Waals surface area (Å²) in [5.74, 6) is 0.255. The van der Waals surface area contributed by atoms with Gasteiger partial charge in [-0.15, -0.1) is 0 Å². The van der Waals surface area contributed by atoms with Crippen molar-refractivity contribution in [2.75, 3.05) is 20.8 Å². The summed E-state index contributed by atoms with van der Waals surface area (Å²) >= 11 is 0. The van der Waals surface area contributed by atoms with Gasteiger partial charge in [0.1, 0.15) is 5.75 Å². The van der Waals surface area contributed by atoms with E-state index in [4.69, 9.17) is 9.47 Å². The molecule has 2 amide bonds. The van der Waals surface area contributed by atoms with Crippen LogP contribution in [0.2, 0.25) is 0 Å². The van der Waals surface area contributed by atoms with Gasteiger partial charge in [0.2, 0.25) is 0 Å². The highest BCUT2D eigenvalue weighted by Crippen LogP contribution is 2.29. The molecule has 0 saturated heterocycles. The van der Waals surface area contributed by atoms with Gasteiger partial charge < -0.3 is 25.4 Å². The van der Waals surface area contributed by atoms with Gasteiger partial charge >= 0.3 is 12.0 Å². The number of carbonyl (C=O) groups excluding carboxylic acids is 2. The first kappa shape index (κ1) is 19.2. The summed E-state index contributed by atoms with van der Waals surface area (Å²) in [7, 11) is 2.94. The second-order valence-electron chi connectivity index (χ2n) is 6.90. The first-order valence-corrected chi connectivity index (χ1v) is 9.38. The van der Waals surface area contributed by atoms with Crippen molar-refractivity contribution in [3.63, 3.8) is 0 Å². The van der Waals surface area contributed by atoms with Gasteiger partial charge in [-0.1, -0.05) is 31.4 Å². The molecule has 2 aliphatic rings. The number of ether oxygens (including phenoxy) is 2. The molecule has 1 aliphatic heterocycles. The fraction of sp³-hybridized carbons (Fsp3) is 0.500. The number of hydrogen-bond acceptors (Lipinski definition) is 5. The SMILES string of the molecule is COC(=O)C1=C(CNC2CCCCC2)NC(=O)N[C@H]1c1ccc(OC)cc1. The van der Waals surface area contributed by atoms with E-state index in [0.29, 0.717) is 29.6 Å². The maximum absolute atomic E-state index is 12.5. The first-order chi connectivity index (χ1) is 13.1. The lowest BCUT2D eigenvalue weighted by Crippen LogP contribution is -2.48. The van der Waals surface area contributed by atoms with E-state index in [0.717, 1.165) is 18.4 Å². The Morgan fingerprint density at radius 1 is 1.15 bits per heavy atom. The highest BCUT2D eigenvalue weighted by Gasteiger charge is 2.33. The molecule has 1 aliphatic carbocycles. The van der Waals surface area contributed by atoms with Gasteiger partial charge in [-0.3, -0.25) is 0 Å². The van der Waals surface area contributed by atoms with E-state index in [-0.39, 0.29) is 6.03 Å². The topological polar surface area (TPSA) is 88.7 Å². The number of rotatable bonds is 6. The van der Waals surface area contributed by atoms with Crippen molar-refractivity contribution in [1.82, 2.24) is 16.0 Å². The standard InChI is InChI=1S/C20H27N3O4/c1-26-15-10-8-13(9-11-15)18-17(19(24)27-2)16(22-20(25)23-18)12-21-14-6-4-3-5-7-14/h8-11,14,18,21H,3-7,12H2,1-2H3,(H2,22,23,25)/t18-/m0/s1. The van der Waals surface area contributed by atoms with Crippen molar-refractivity contribution < 1.29 is 19.1 Å². The van der Waals surface area contributed by atoms with Crippen LogP contribution in [0.25, 0.3) is 0 Å². The number of hydrogen-bond donors (Lipinski definition) is 3. The average molecular weight is 373 g/mol. The lowest BCUT2D eigenvalue weighted by molar-refractivity contribution is -0.136. The second-order valence-corrected chi connectivity index (χ2v) is 6.90. The molecule has 146 valence electrons. The van der Waals surface area contributed by atoms with Crippen LogP contribution in [0.15, 0.2) is 35.5 Å². The lowest BCUT2D eigenvalue weighted by Gasteiger charge is -2.31. The molecule has 1 fully saturated rings. The molecule has 0 bridgehead atoms. The molecule has 1 saturated carbocycles. The summed E-state index contributed by atoms with van der Waals surface area (Å²) in [4.78, 5) is 24.7. The summed E-state index contributed by atoms with van der Waals surface area (Å²) in [5.41, 5.74) is 1.78. The molecular formula is C20H27N3O4. The quantitative estimate of drug-likeness (QED) is 0.667. The molecule has 0 aromatic heterocycles. The van der Waals surface area contributed by atoms with Crippen LogP contribution in [0, 0.1) is 0 Å². The minimum atomic E-state index is -0.569. The Kier molecular flexibility index (Phi) is 6.34. The number of carbonyl (C=O) groups is 2. The third-order valence-corrected chi connectivity index (χ3v) is 5.18. The van der Waals surface area contributed by atoms with E-state index in [9.17, 15) is 9.59 Å². The number of nitrogens with one attached hydrogen (secondary N) is 3. The summed E-state index contributed by atoms with van der Waals surface area (Å²) < 4.78 is 10.2. The number of benzene rings is 1. The Morgan fingerprint density at radius 3 is 2.48 bits per heavy atom. The highest BCUT2D eigenvalue weighted by atomic mass is 16.5. The van der Waals surface area contributed by atoms with Crippen molar-refractivity contribution in [2.45, 2.75) is 44.2 Å². The zero-order valence-corrected chi connectivity index (χ0v) is 15.8. The Balaban J connectivity index is 1.87. The van der Waals surface area contributed by atoms with Crippen LogP contribution in [0.5, 0.6) is 5.75 Å². The normalized spacial score (nSPS) is 20.7. The molecule has 27 heavy (non-hydrogen) atoms. The zero-order chi connectivity index (χ0) is 19.2. The van der Waals surface area contributed by atoms with Crippen molar-refractivity contribution in [2.24, 2.45) is 0 Å². The van der Waals surface area contributed by atoms with Gasteiger partial charge in [-0.2, -0.15) is 0 Å². The van der Waals surface area contributed by atoms with E-state index in [1.165, 1.54) is 26.4 Å². The highest BCUT2D eigenvalue weighted by molar-refractivity contribution is 5.95. The molecule has 0 unspecified atom stereocenters. The Labute approximate surface area is 159 Å². The smallest absolute Gasteiger partial charge is 0.338 e. The second kappa shape index (κ2) is 8.90. The van der Waals surface area contributed by atoms with Crippen LogP contribution in [0.4, 0.5) is 4.79 Å². The van der Waals surface area contributed by atoms with Gasteiger partial charge in [0.25, 0.3) is 0 Å². The molecule has 1 aromatic rings. The first-order valence-electron chi connectivity index (χ1n) is 9.38. The average Bonchev–Trinajstić information content (AvgIpc) is 2.72. The van der Waals surface area contributed by atoms with E-state index >= 15 is 0 Å². The van der Waals surface area contributed by atoms with Gasteiger partial charge in [0.05, 0.1) is 25.8 Å². The van der Waals surface area contributed by atoms with Gasteiger partial charge in [0.15, 0.2) is 0 Å². The molecule has 7 heteroatoms. The molecular weight excluding hydrogens is 346 g/mol. The number of methoxy groups -OCH3 is 2. The largest absolute Gasteiger partial charge is 0.497 e. The summed E-state index contributed by atoms with van der Waals surface area (Å²) in [6.07, 6.45) is 5.93. The Bertz CT molecular complexity index is 708. The summed E-state index contributed by atoms with van der Waals surface area (Å²) in [6, 6.07) is 6.80. The monoisotopic (exact) mass is 373 g/mol. The van der Waals surface area contributed by atoms with Crippen molar-refractivity contribution >= 4 is 12.0 Å². The van der Waals surface area contributed by atoms with E-state index in [2.05, 4.69) is 16.0 Å². The third kappa shape index (κ3) is 4.60. The maximum Gasteiger partial charge on any atom is 0.338 e. The predicted octanol–water partition coefficient (Wildman–Crippen LogP) is 2.40. The predicted molar refractivity (Wildman–Crippen MR) is 101 cm³/mol. The Morgan fingerprint density at radius 2 is 1.85 bits per heavy atom. The maximum atomic E-state index is 12.5. The van der Waals surface area contributed by atoms with Crippen LogP contribution in [0.3, 0.4) is 0 Å². The number of urea groups is 1. The molecule has 1 atom stereocenters. The van der Waals surface area contributed by atoms with Crippen LogP contribution >= 0.6 is 0 Å². The summed E-state index contributed by atoms with van der Waals surface area (Å²) in [5, 5.41) is 9.09. The van der Waals surface area contributed by atoms with Crippen LogP contribution in [-0.2, 0) is 9.53 Å². The minimum Gasteiger partial charge on any atom is -0.497 e. The molecule has 3 rings (SSSR count). The minimum absolute atomic E-state index is 0.330. The zero-order valence-electron chi connectivity index (χ0n) is 15.8. The number of esters is 1. The van der Waals surface area contributed by atoms with Crippen LogP contribution < -0.4 is 20.7 Å². The Hall–Kier alpha value is -2.54. The van der Waals surface area contributed by atoms with E-state index in [1.54, 1.807) is 19.2 Å². The van der Waals surface area contributed by atoms with Crippen molar-refractivity contribution in [1.29, 1.82) is 0 Å². The summed E-state index contributed by atoms with van der Waals surface area (Å²) in [6.45, 7) is 0.426. The molecule has 3 N–H and O–H groups in total.